The number of halogens is 1. The molecular weight excluding hydrogens is 609 g/mol. The lowest BCUT2D eigenvalue weighted by Crippen LogP contribution is -2.22. The van der Waals surface area contributed by atoms with E-state index in [1.165, 1.54) is 13.2 Å². The first kappa shape index (κ1) is 29.8. The first-order valence-corrected chi connectivity index (χ1v) is 13.4. The molecule has 204 valence electrons. The number of Topliss-reactive ketones (excluding diaryl/α,β-unsaturated/α-hetero) is 1. The Morgan fingerprint density at radius 3 is 2.38 bits per heavy atom. The second-order valence-corrected chi connectivity index (χ2v) is 9.85. The number of allylic oxidation sites excluding steroid dienone is 1. The molecule has 0 saturated heterocycles. The van der Waals surface area contributed by atoms with Crippen LogP contribution in [0.4, 0.5) is 0 Å². The van der Waals surface area contributed by atoms with E-state index in [0.717, 1.165) is 14.7 Å². The molecule has 0 atom stereocenters. The van der Waals surface area contributed by atoms with Crippen LogP contribution in [-0.2, 0) is 9.59 Å². The molecule has 0 fully saturated rings. The highest BCUT2D eigenvalue weighted by atomic mass is 127. The molecule has 0 aliphatic carbocycles. The van der Waals surface area contributed by atoms with Crippen LogP contribution < -0.4 is 19.5 Å². The van der Waals surface area contributed by atoms with Gasteiger partial charge in [-0.25, -0.2) is 0 Å². The summed E-state index contributed by atoms with van der Waals surface area (Å²) in [6.07, 6.45) is 5.66. The average Bonchev–Trinajstić information content (AvgIpc) is 2.93. The number of nitrogens with one attached hydrogen (secondary N) is 1. The Balaban J connectivity index is 1.77. The van der Waals surface area contributed by atoms with Crippen LogP contribution in [0.1, 0.15) is 35.1 Å². The van der Waals surface area contributed by atoms with Crippen LogP contribution in [0.2, 0.25) is 0 Å². The van der Waals surface area contributed by atoms with Crippen LogP contribution in [0, 0.1) is 10.5 Å². The molecule has 0 aliphatic rings. The summed E-state index contributed by atoms with van der Waals surface area (Å²) in [4.78, 5) is 25.7. The number of phenols is 1. The summed E-state index contributed by atoms with van der Waals surface area (Å²) >= 11 is 2.22. The molecule has 0 spiro atoms. The summed E-state index contributed by atoms with van der Waals surface area (Å²) in [6.45, 7) is 2.23. The van der Waals surface area contributed by atoms with E-state index in [1.807, 2.05) is 37.3 Å². The van der Waals surface area contributed by atoms with Gasteiger partial charge in [0.2, 0.25) is 5.91 Å². The predicted molar refractivity (Wildman–Crippen MR) is 162 cm³/mol. The van der Waals surface area contributed by atoms with Gasteiger partial charge in [-0.1, -0.05) is 24.3 Å². The fraction of sp³-hybridized carbons (Fsp3) is 0.226. The van der Waals surface area contributed by atoms with Crippen LogP contribution in [0.25, 0.3) is 17.7 Å². The number of ketones is 1. The van der Waals surface area contributed by atoms with E-state index in [1.54, 1.807) is 50.6 Å². The summed E-state index contributed by atoms with van der Waals surface area (Å²) in [7, 11) is 4.59. The predicted octanol–water partition coefficient (Wildman–Crippen LogP) is 6.05. The minimum absolute atomic E-state index is 0.0255. The van der Waals surface area contributed by atoms with E-state index < -0.39 is 0 Å². The second kappa shape index (κ2) is 14.4. The summed E-state index contributed by atoms with van der Waals surface area (Å²) in [5.74, 6) is 1.09. The maximum Gasteiger partial charge on any atom is 0.243 e. The Kier molecular flexibility index (Phi) is 11.0. The van der Waals surface area contributed by atoms with Crippen molar-refractivity contribution in [3.05, 3.63) is 86.5 Å². The van der Waals surface area contributed by atoms with E-state index in [2.05, 4.69) is 27.9 Å². The van der Waals surface area contributed by atoms with E-state index in [-0.39, 0.29) is 23.9 Å². The molecule has 0 heterocycles. The number of aromatic hydroxyl groups is 1. The normalized spacial score (nSPS) is 11.4. The van der Waals surface area contributed by atoms with Crippen molar-refractivity contribution < 1.29 is 28.9 Å². The van der Waals surface area contributed by atoms with Gasteiger partial charge >= 0.3 is 0 Å². The molecule has 2 N–H and O–H groups in total. The minimum Gasteiger partial charge on any atom is -0.504 e. The zero-order valence-corrected chi connectivity index (χ0v) is 24.6. The van der Waals surface area contributed by atoms with Crippen LogP contribution in [-0.4, -0.2) is 44.7 Å². The van der Waals surface area contributed by atoms with Crippen molar-refractivity contribution in [1.82, 2.24) is 5.32 Å². The van der Waals surface area contributed by atoms with Gasteiger partial charge in [-0.15, -0.1) is 0 Å². The Bertz CT molecular complexity index is 1400. The molecule has 3 aromatic carbocycles. The van der Waals surface area contributed by atoms with Crippen molar-refractivity contribution in [1.29, 1.82) is 0 Å². The fourth-order valence-electron chi connectivity index (χ4n) is 4.03. The van der Waals surface area contributed by atoms with E-state index in [4.69, 9.17) is 14.2 Å². The van der Waals surface area contributed by atoms with Gasteiger partial charge in [0.1, 0.15) is 0 Å². The maximum atomic E-state index is 13.5. The van der Waals surface area contributed by atoms with Crippen molar-refractivity contribution in [2.24, 2.45) is 0 Å². The third-order valence-electron chi connectivity index (χ3n) is 5.99. The quantitative estimate of drug-likeness (QED) is 0.108. The molecule has 0 aliphatic heterocycles. The highest BCUT2D eigenvalue weighted by molar-refractivity contribution is 14.1. The van der Waals surface area contributed by atoms with Gasteiger partial charge in [-0.3, -0.25) is 9.59 Å². The number of rotatable bonds is 12. The van der Waals surface area contributed by atoms with Gasteiger partial charge in [0, 0.05) is 28.2 Å². The highest BCUT2D eigenvalue weighted by Gasteiger charge is 2.17. The molecule has 0 saturated carbocycles. The molecular formula is C31H32INO6. The molecule has 0 radical (unpaired) electrons. The number of methoxy groups -OCH3 is 3. The number of benzene rings is 3. The number of ether oxygens (including phenoxy) is 3. The highest BCUT2D eigenvalue weighted by Crippen LogP contribution is 2.36. The average molecular weight is 642 g/mol. The van der Waals surface area contributed by atoms with Crippen molar-refractivity contribution in [2.75, 3.05) is 27.9 Å². The third kappa shape index (κ3) is 8.10. The molecule has 8 heteroatoms. The number of hydrogen-bond acceptors (Lipinski definition) is 6. The van der Waals surface area contributed by atoms with Crippen LogP contribution in [0.3, 0.4) is 0 Å². The topological polar surface area (TPSA) is 94.1 Å². The van der Waals surface area contributed by atoms with E-state index in [0.29, 0.717) is 46.9 Å². The third-order valence-corrected chi connectivity index (χ3v) is 6.97. The lowest BCUT2D eigenvalue weighted by Gasteiger charge is -2.15. The fourth-order valence-corrected chi connectivity index (χ4v) is 4.60. The SMILES string of the molecule is COc1ccc(/C=C(/C(=O)CCCNC(=O)/C=C/c2ccccc2I)c2cc(C)c(OC)c(OC)c2)cc1O. The molecule has 7 nitrogen and oxygen atoms in total. The second-order valence-electron chi connectivity index (χ2n) is 8.69. The Morgan fingerprint density at radius 2 is 1.72 bits per heavy atom. The largest absolute Gasteiger partial charge is 0.504 e. The monoisotopic (exact) mass is 641 g/mol. The van der Waals surface area contributed by atoms with E-state index in [9.17, 15) is 14.7 Å². The molecule has 1 amide bonds. The summed E-state index contributed by atoms with van der Waals surface area (Å²) in [5.41, 5.74) is 3.53. The van der Waals surface area contributed by atoms with Gasteiger partial charge in [0.05, 0.1) is 21.3 Å². The van der Waals surface area contributed by atoms with Gasteiger partial charge in [0.15, 0.2) is 28.8 Å². The van der Waals surface area contributed by atoms with Gasteiger partial charge in [-0.2, -0.15) is 0 Å². The lowest BCUT2D eigenvalue weighted by molar-refractivity contribution is -0.117. The first-order valence-electron chi connectivity index (χ1n) is 12.3. The number of carbonyl (C=O) groups excluding carboxylic acids is 2. The van der Waals surface area contributed by atoms with Crippen LogP contribution >= 0.6 is 22.6 Å². The number of amides is 1. The van der Waals surface area contributed by atoms with E-state index >= 15 is 0 Å². The zero-order valence-electron chi connectivity index (χ0n) is 22.4. The van der Waals surface area contributed by atoms with Crippen LogP contribution in [0.15, 0.2) is 60.7 Å². The molecule has 0 bridgehead atoms. The Hall–Kier alpha value is -3.79. The molecule has 39 heavy (non-hydrogen) atoms. The number of carbonyl (C=O) groups is 2. The van der Waals surface area contributed by atoms with Gasteiger partial charge in [0.25, 0.3) is 0 Å². The molecule has 0 aromatic heterocycles. The maximum absolute atomic E-state index is 13.5. The standard InChI is InChI=1S/C31H32INO6/c1-20-16-23(19-29(38-3)31(20)39-4)24(17-21-11-13-28(37-2)27(35)18-21)26(34)10-7-15-33-30(36)14-12-22-8-5-6-9-25(22)32/h5-6,8-9,11-14,16-19,35H,7,10,15H2,1-4H3,(H,33,36)/b14-12+,24-17+. The lowest BCUT2D eigenvalue weighted by atomic mass is 9.94. The zero-order chi connectivity index (χ0) is 28.4. The van der Waals surface area contributed by atoms with Crippen molar-refractivity contribution >= 4 is 52.0 Å². The van der Waals surface area contributed by atoms with Crippen molar-refractivity contribution in [3.63, 3.8) is 0 Å². The summed E-state index contributed by atoms with van der Waals surface area (Å²) < 4.78 is 17.1. The first-order chi connectivity index (χ1) is 18.8. The smallest absolute Gasteiger partial charge is 0.243 e. The number of phenolic OH excluding ortho intramolecular Hbond substituents is 1. The summed E-state index contributed by atoms with van der Waals surface area (Å²) in [6, 6.07) is 16.4. The van der Waals surface area contributed by atoms with Crippen molar-refractivity contribution in [2.45, 2.75) is 19.8 Å². The number of hydrogen-bond donors (Lipinski definition) is 2. The molecule has 3 aromatic rings. The minimum atomic E-state index is -0.220. The molecule has 3 rings (SSSR count). The Labute approximate surface area is 242 Å². The summed E-state index contributed by atoms with van der Waals surface area (Å²) in [5, 5.41) is 13.1. The molecule has 0 unspecified atom stereocenters. The van der Waals surface area contributed by atoms with Crippen molar-refractivity contribution in [3.8, 4) is 23.0 Å². The Morgan fingerprint density at radius 1 is 0.974 bits per heavy atom. The number of aryl methyl sites for hydroxylation is 1. The van der Waals surface area contributed by atoms with Crippen LogP contribution in [0.5, 0.6) is 23.0 Å². The van der Waals surface area contributed by atoms with Gasteiger partial charge < -0.3 is 24.6 Å². The van der Waals surface area contributed by atoms with Gasteiger partial charge in [-0.05, 0) is 101 Å².